The molecule has 128 valence electrons. The second kappa shape index (κ2) is 6.76. The van der Waals surface area contributed by atoms with Crippen molar-refractivity contribution in [2.75, 3.05) is 26.3 Å². The van der Waals surface area contributed by atoms with Gasteiger partial charge in [0, 0.05) is 38.6 Å². The number of ether oxygens (including phenoxy) is 1. The highest BCUT2D eigenvalue weighted by molar-refractivity contribution is 5.91. The molecule has 2 aromatic heterocycles. The number of carbonyl (C=O) groups is 1. The number of rotatable bonds is 4. The lowest BCUT2D eigenvalue weighted by Crippen LogP contribution is -2.28. The first-order valence-corrected chi connectivity index (χ1v) is 8.52. The van der Waals surface area contributed by atoms with Gasteiger partial charge in [-0.3, -0.25) is 4.79 Å². The molecule has 0 N–H and O–H groups in total. The molecule has 0 aromatic carbocycles. The molecule has 4 rings (SSSR count). The lowest BCUT2D eigenvalue weighted by Gasteiger charge is -2.18. The smallest absolute Gasteiger partial charge is 0.289 e. The van der Waals surface area contributed by atoms with Crippen molar-refractivity contribution in [1.82, 2.24) is 15.0 Å². The molecular formula is C17H21N3O4. The Labute approximate surface area is 140 Å². The summed E-state index contributed by atoms with van der Waals surface area (Å²) in [7, 11) is 0. The average Bonchev–Trinajstić information content (AvgIpc) is 3.37. The quantitative estimate of drug-likeness (QED) is 0.855. The second-order valence-electron chi connectivity index (χ2n) is 6.52. The van der Waals surface area contributed by atoms with E-state index in [1.807, 2.05) is 4.90 Å². The van der Waals surface area contributed by atoms with Gasteiger partial charge in [0.25, 0.3) is 5.91 Å². The molecular weight excluding hydrogens is 310 g/mol. The van der Waals surface area contributed by atoms with E-state index in [9.17, 15) is 4.79 Å². The van der Waals surface area contributed by atoms with Gasteiger partial charge >= 0.3 is 0 Å². The van der Waals surface area contributed by atoms with Crippen LogP contribution in [0.1, 0.15) is 47.5 Å². The number of likely N-dealkylation sites (tertiary alicyclic amines) is 1. The van der Waals surface area contributed by atoms with E-state index in [-0.39, 0.29) is 5.91 Å². The number of amides is 1. The highest BCUT2D eigenvalue weighted by Crippen LogP contribution is 2.27. The Balaban J connectivity index is 1.33. The Kier molecular flexibility index (Phi) is 4.34. The van der Waals surface area contributed by atoms with Crippen LogP contribution in [-0.2, 0) is 11.2 Å². The molecule has 0 saturated carbocycles. The first-order chi connectivity index (χ1) is 11.8. The van der Waals surface area contributed by atoms with Crippen molar-refractivity contribution >= 4 is 5.91 Å². The fourth-order valence-electron chi connectivity index (χ4n) is 3.46. The predicted molar refractivity (Wildman–Crippen MR) is 83.5 cm³/mol. The summed E-state index contributed by atoms with van der Waals surface area (Å²) in [6, 6.07) is 3.44. The average molecular weight is 331 g/mol. The summed E-state index contributed by atoms with van der Waals surface area (Å²) in [5, 5.41) is 4.13. The molecule has 1 atom stereocenters. The van der Waals surface area contributed by atoms with E-state index in [4.69, 9.17) is 13.7 Å². The van der Waals surface area contributed by atoms with E-state index < -0.39 is 0 Å². The van der Waals surface area contributed by atoms with Gasteiger partial charge < -0.3 is 18.6 Å². The summed E-state index contributed by atoms with van der Waals surface area (Å²) < 4.78 is 16.0. The Morgan fingerprint density at radius 1 is 1.29 bits per heavy atom. The van der Waals surface area contributed by atoms with Crippen molar-refractivity contribution in [3.63, 3.8) is 0 Å². The molecule has 2 aromatic rings. The zero-order chi connectivity index (χ0) is 16.4. The number of hydrogen-bond donors (Lipinski definition) is 0. The van der Waals surface area contributed by atoms with Gasteiger partial charge in [0.05, 0.1) is 6.26 Å². The molecule has 0 aliphatic carbocycles. The summed E-state index contributed by atoms with van der Waals surface area (Å²) in [6.07, 6.45) is 5.10. The third-order valence-corrected chi connectivity index (χ3v) is 4.83. The van der Waals surface area contributed by atoms with Crippen molar-refractivity contribution in [3.05, 3.63) is 35.9 Å². The van der Waals surface area contributed by atoms with Crippen molar-refractivity contribution in [2.45, 2.75) is 31.6 Å². The van der Waals surface area contributed by atoms with Gasteiger partial charge in [0.2, 0.25) is 5.89 Å². The van der Waals surface area contributed by atoms with Crippen LogP contribution in [0.3, 0.4) is 0 Å². The molecule has 2 fully saturated rings. The maximum Gasteiger partial charge on any atom is 0.289 e. The lowest BCUT2D eigenvalue weighted by atomic mass is 10.0. The number of carbonyl (C=O) groups excluding carboxylic acids is 1. The SMILES string of the molecule is O=C(c1ccco1)N1CCC(Cc2noc(C3CCOCC3)n2)C1. The molecule has 2 aliphatic rings. The fraction of sp³-hybridized carbons (Fsp3) is 0.588. The van der Waals surface area contributed by atoms with Gasteiger partial charge in [-0.25, -0.2) is 0 Å². The van der Waals surface area contributed by atoms with E-state index in [1.165, 1.54) is 6.26 Å². The Morgan fingerprint density at radius 2 is 2.17 bits per heavy atom. The molecule has 0 bridgehead atoms. The zero-order valence-corrected chi connectivity index (χ0v) is 13.5. The highest BCUT2D eigenvalue weighted by Gasteiger charge is 2.30. The van der Waals surface area contributed by atoms with E-state index in [0.717, 1.165) is 57.2 Å². The second-order valence-corrected chi connectivity index (χ2v) is 6.52. The largest absolute Gasteiger partial charge is 0.459 e. The fourth-order valence-corrected chi connectivity index (χ4v) is 3.46. The van der Waals surface area contributed by atoms with E-state index >= 15 is 0 Å². The number of aromatic nitrogens is 2. The number of nitrogens with zero attached hydrogens (tertiary/aromatic N) is 3. The Bertz CT molecular complexity index is 676. The van der Waals surface area contributed by atoms with Gasteiger partial charge in [-0.05, 0) is 37.3 Å². The normalized spacial score (nSPS) is 22.2. The minimum Gasteiger partial charge on any atom is -0.459 e. The molecule has 0 spiro atoms. The van der Waals surface area contributed by atoms with E-state index in [0.29, 0.717) is 24.1 Å². The first-order valence-electron chi connectivity index (χ1n) is 8.52. The minimum atomic E-state index is -0.0430. The standard InChI is InChI=1S/C17H21N3O4/c21-17(14-2-1-7-23-14)20-6-3-12(11-20)10-15-18-16(24-19-15)13-4-8-22-9-5-13/h1-2,7,12-13H,3-6,8-11H2. The minimum absolute atomic E-state index is 0.0430. The van der Waals surface area contributed by atoms with Crippen LogP contribution in [0.5, 0.6) is 0 Å². The van der Waals surface area contributed by atoms with E-state index in [2.05, 4.69) is 10.1 Å². The molecule has 0 radical (unpaired) electrons. The third-order valence-electron chi connectivity index (χ3n) is 4.83. The summed E-state index contributed by atoms with van der Waals surface area (Å²) in [5.74, 6) is 2.52. The third kappa shape index (κ3) is 3.21. The monoisotopic (exact) mass is 331 g/mol. The Morgan fingerprint density at radius 3 is 2.96 bits per heavy atom. The maximum atomic E-state index is 12.3. The van der Waals surface area contributed by atoms with Crippen LogP contribution in [0, 0.1) is 5.92 Å². The molecule has 7 nitrogen and oxygen atoms in total. The summed E-state index contributed by atoms with van der Waals surface area (Å²) in [5.41, 5.74) is 0. The summed E-state index contributed by atoms with van der Waals surface area (Å²) in [4.78, 5) is 18.7. The van der Waals surface area contributed by atoms with E-state index in [1.54, 1.807) is 12.1 Å². The number of hydrogen-bond acceptors (Lipinski definition) is 6. The molecule has 7 heteroatoms. The molecule has 1 amide bonds. The Hall–Kier alpha value is -2.15. The van der Waals surface area contributed by atoms with Gasteiger partial charge in [-0.1, -0.05) is 5.16 Å². The lowest BCUT2D eigenvalue weighted by molar-refractivity contribution is 0.0755. The van der Waals surface area contributed by atoms with Crippen LogP contribution in [0.15, 0.2) is 27.3 Å². The summed E-state index contributed by atoms with van der Waals surface area (Å²) >= 11 is 0. The van der Waals surface area contributed by atoms with Crippen LogP contribution < -0.4 is 0 Å². The van der Waals surface area contributed by atoms with Crippen LogP contribution in [0.2, 0.25) is 0 Å². The van der Waals surface area contributed by atoms with Gasteiger partial charge in [0.1, 0.15) is 0 Å². The van der Waals surface area contributed by atoms with Gasteiger partial charge in [0.15, 0.2) is 11.6 Å². The predicted octanol–water partition coefficient (Wildman–Crippen LogP) is 2.26. The van der Waals surface area contributed by atoms with Crippen molar-refractivity contribution in [3.8, 4) is 0 Å². The molecule has 2 aliphatic heterocycles. The van der Waals surface area contributed by atoms with Crippen LogP contribution >= 0.6 is 0 Å². The molecule has 24 heavy (non-hydrogen) atoms. The van der Waals surface area contributed by atoms with Crippen LogP contribution in [0.25, 0.3) is 0 Å². The van der Waals surface area contributed by atoms with Crippen LogP contribution in [0.4, 0.5) is 0 Å². The molecule has 2 saturated heterocycles. The van der Waals surface area contributed by atoms with Crippen molar-refractivity contribution in [1.29, 1.82) is 0 Å². The highest BCUT2D eigenvalue weighted by atomic mass is 16.5. The van der Waals surface area contributed by atoms with Crippen LogP contribution in [-0.4, -0.2) is 47.3 Å². The van der Waals surface area contributed by atoms with Crippen molar-refractivity contribution in [2.24, 2.45) is 5.92 Å². The maximum absolute atomic E-state index is 12.3. The number of furan rings is 1. The molecule has 4 heterocycles. The van der Waals surface area contributed by atoms with Gasteiger partial charge in [-0.2, -0.15) is 4.98 Å². The zero-order valence-electron chi connectivity index (χ0n) is 13.5. The molecule has 1 unspecified atom stereocenters. The first kappa shape index (κ1) is 15.4. The summed E-state index contributed by atoms with van der Waals surface area (Å²) in [6.45, 7) is 2.97. The topological polar surface area (TPSA) is 81.6 Å². The van der Waals surface area contributed by atoms with Crippen molar-refractivity contribution < 1.29 is 18.5 Å². The van der Waals surface area contributed by atoms with Gasteiger partial charge in [-0.15, -0.1) is 0 Å².